The average molecular weight is 519 g/mol. The number of hydrogen-bond acceptors (Lipinski definition) is 6. The molecule has 6 nitrogen and oxygen atoms in total. The van der Waals surface area contributed by atoms with Crippen molar-refractivity contribution in [2.75, 3.05) is 25.4 Å². The van der Waals surface area contributed by atoms with Crippen molar-refractivity contribution in [2.45, 2.75) is 31.6 Å². The largest absolute Gasteiger partial charge is 0.356 e. The Balaban J connectivity index is 1.11. The highest BCUT2D eigenvalue weighted by Gasteiger charge is 2.25. The Kier molecular flexibility index (Phi) is 9.27. The molecule has 34 heavy (non-hydrogen) atoms. The maximum absolute atomic E-state index is 12.5. The van der Waals surface area contributed by atoms with Gasteiger partial charge in [-0.1, -0.05) is 52.6 Å². The number of likely N-dealkylation sites (tertiary alicyclic amines) is 1. The molecule has 0 bridgehead atoms. The summed E-state index contributed by atoms with van der Waals surface area (Å²) in [6, 6.07) is 15.4. The van der Waals surface area contributed by atoms with Crippen molar-refractivity contribution >= 4 is 40.9 Å². The third kappa shape index (κ3) is 7.47. The van der Waals surface area contributed by atoms with Gasteiger partial charge in [0.05, 0.1) is 6.54 Å². The van der Waals surface area contributed by atoms with E-state index in [9.17, 15) is 4.79 Å². The third-order valence-electron chi connectivity index (χ3n) is 5.79. The highest BCUT2D eigenvalue weighted by atomic mass is 35.5. The van der Waals surface area contributed by atoms with E-state index in [1.54, 1.807) is 0 Å². The molecule has 0 unspecified atom stereocenters. The number of carbonyl (C=O) groups is 1. The maximum Gasteiger partial charge on any atom is 0.241 e. The van der Waals surface area contributed by atoms with Gasteiger partial charge in [0, 0.05) is 33.8 Å². The summed E-state index contributed by atoms with van der Waals surface area (Å²) in [5.74, 6) is 3.30. The molecule has 1 aliphatic heterocycles. The van der Waals surface area contributed by atoms with Crippen LogP contribution < -0.4 is 5.32 Å². The zero-order valence-electron chi connectivity index (χ0n) is 18.9. The third-order valence-corrected chi connectivity index (χ3v) is 7.38. The van der Waals surface area contributed by atoms with Crippen molar-refractivity contribution in [3.8, 4) is 11.4 Å². The van der Waals surface area contributed by atoms with E-state index in [0.717, 1.165) is 61.0 Å². The molecule has 4 rings (SSSR count). The fraction of sp³-hybridized carbons (Fsp3) is 0.400. The SMILES string of the molecule is O=C(NCCCSCc1cccc(Cl)c1)C1CCN(Cc2nc(-c3cccc(Cl)c3)no2)CC1. The van der Waals surface area contributed by atoms with Crippen LogP contribution in [-0.2, 0) is 17.1 Å². The molecular weight excluding hydrogens is 491 g/mol. The van der Waals surface area contributed by atoms with E-state index < -0.39 is 0 Å². The summed E-state index contributed by atoms with van der Waals surface area (Å²) in [4.78, 5) is 19.3. The molecule has 1 amide bonds. The van der Waals surface area contributed by atoms with E-state index in [1.807, 2.05) is 54.2 Å². The highest BCUT2D eigenvalue weighted by Crippen LogP contribution is 2.22. The lowest BCUT2D eigenvalue weighted by Gasteiger charge is -2.30. The van der Waals surface area contributed by atoms with E-state index >= 15 is 0 Å². The molecule has 0 atom stereocenters. The van der Waals surface area contributed by atoms with E-state index in [-0.39, 0.29) is 11.8 Å². The van der Waals surface area contributed by atoms with Crippen LogP contribution in [0.15, 0.2) is 53.1 Å². The molecule has 9 heteroatoms. The molecule has 1 N–H and O–H groups in total. The quantitative estimate of drug-likeness (QED) is 0.347. The van der Waals surface area contributed by atoms with Crippen LogP contribution in [-0.4, -0.2) is 46.3 Å². The van der Waals surface area contributed by atoms with E-state index in [2.05, 4.69) is 26.4 Å². The number of nitrogens with one attached hydrogen (secondary N) is 1. The van der Waals surface area contributed by atoms with Crippen molar-refractivity contribution in [1.29, 1.82) is 0 Å². The second-order valence-electron chi connectivity index (χ2n) is 8.40. The van der Waals surface area contributed by atoms with Crippen molar-refractivity contribution in [1.82, 2.24) is 20.4 Å². The minimum absolute atomic E-state index is 0.0695. The second kappa shape index (κ2) is 12.6. The summed E-state index contributed by atoms with van der Waals surface area (Å²) < 4.78 is 5.42. The predicted molar refractivity (Wildman–Crippen MR) is 138 cm³/mol. The Bertz CT molecular complexity index is 1090. The summed E-state index contributed by atoms with van der Waals surface area (Å²) in [6.45, 7) is 2.98. The summed E-state index contributed by atoms with van der Waals surface area (Å²) in [5, 5.41) is 8.59. The Hall–Kier alpha value is -2.06. The van der Waals surface area contributed by atoms with Crippen LogP contribution >= 0.6 is 35.0 Å². The van der Waals surface area contributed by atoms with Gasteiger partial charge >= 0.3 is 0 Å². The number of thioether (sulfide) groups is 1. The number of halogens is 2. The Morgan fingerprint density at radius 3 is 2.65 bits per heavy atom. The van der Waals surface area contributed by atoms with Crippen LogP contribution in [0.5, 0.6) is 0 Å². The maximum atomic E-state index is 12.5. The smallest absolute Gasteiger partial charge is 0.241 e. The topological polar surface area (TPSA) is 71.3 Å². The summed E-state index contributed by atoms with van der Waals surface area (Å²) in [5.41, 5.74) is 2.07. The lowest BCUT2D eigenvalue weighted by Crippen LogP contribution is -2.40. The summed E-state index contributed by atoms with van der Waals surface area (Å²) in [7, 11) is 0. The number of carbonyl (C=O) groups excluding carboxylic acids is 1. The molecule has 1 saturated heterocycles. The average Bonchev–Trinajstić information content (AvgIpc) is 3.30. The number of aromatic nitrogens is 2. The van der Waals surface area contributed by atoms with Gasteiger partial charge in [-0.2, -0.15) is 16.7 Å². The van der Waals surface area contributed by atoms with Crippen LogP contribution in [0.1, 0.15) is 30.7 Å². The zero-order valence-corrected chi connectivity index (χ0v) is 21.2. The fourth-order valence-electron chi connectivity index (χ4n) is 3.96. The number of piperidine rings is 1. The molecule has 180 valence electrons. The van der Waals surface area contributed by atoms with Crippen LogP contribution in [0.25, 0.3) is 11.4 Å². The van der Waals surface area contributed by atoms with Gasteiger partial charge in [0.2, 0.25) is 17.6 Å². The first-order valence-electron chi connectivity index (χ1n) is 11.5. The van der Waals surface area contributed by atoms with Crippen LogP contribution in [0, 0.1) is 5.92 Å². The van der Waals surface area contributed by atoms with Crippen molar-refractivity contribution in [3.05, 3.63) is 70.0 Å². The highest BCUT2D eigenvalue weighted by molar-refractivity contribution is 7.98. The Labute approximate surface area is 214 Å². The molecule has 0 aliphatic carbocycles. The van der Waals surface area contributed by atoms with Gasteiger partial charge in [0.25, 0.3) is 0 Å². The van der Waals surface area contributed by atoms with Crippen LogP contribution in [0.3, 0.4) is 0 Å². The van der Waals surface area contributed by atoms with Gasteiger partial charge in [0.15, 0.2) is 0 Å². The fourth-order valence-corrected chi connectivity index (χ4v) is 5.27. The molecule has 0 radical (unpaired) electrons. The summed E-state index contributed by atoms with van der Waals surface area (Å²) in [6.07, 6.45) is 2.64. The first kappa shape index (κ1) is 25.0. The molecule has 1 fully saturated rings. The first-order chi connectivity index (χ1) is 16.6. The molecule has 1 aromatic heterocycles. The van der Waals surface area contributed by atoms with Gasteiger partial charge in [-0.05, 0) is 67.9 Å². The number of rotatable bonds is 10. The van der Waals surface area contributed by atoms with Gasteiger partial charge in [0.1, 0.15) is 0 Å². The summed E-state index contributed by atoms with van der Waals surface area (Å²) >= 11 is 13.9. The number of amides is 1. The van der Waals surface area contributed by atoms with E-state index in [0.29, 0.717) is 23.3 Å². The van der Waals surface area contributed by atoms with E-state index in [1.165, 1.54) is 5.56 Å². The standard InChI is InChI=1S/C25H28Cl2N4O2S/c26-21-6-1-4-18(14-21)17-34-13-3-10-28-25(32)19-8-11-31(12-9-19)16-23-29-24(30-33-23)20-5-2-7-22(27)15-20/h1-2,4-7,14-15,19H,3,8-13,16-17H2,(H,28,32). The van der Waals surface area contributed by atoms with Crippen molar-refractivity contribution in [3.63, 3.8) is 0 Å². The number of hydrogen-bond donors (Lipinski definition) is 1. The minimum atomic E-state index is 0.0695. The molecule has 0 saturated carbocycles. The molecule has 2 aromatic carbocycles. The predicted octanol–water partition coefficient (Wildman–Crippen LogP) is 5.70. The van der Waals surface area contributed by atoms with Gasteiger partial charge < -0.3 is 9.84 Å². The van der Waals surface area contributed by atoms with Gasteiger partial charge in [-0.25, -0.2) is 0 Å². The number of nitrogens with zero attached hydrogens (tertiary/aromatic N) is 3. The van der Waals surface area contributed by atoms with Gasteiger partial charge in [-0.15, -0.1) is 0 Å². The second-order valence-corrected chi connectivity index (χ2v) is 10.4. The molecular formula is C25H28Cl2N4O2S. The lowest BCUT2D eigenvalue weighted by atomic mass is 9.96. The molecule has 2 heterocycles. The monoisotopic (exact) mass is 518 g/mol. The Morgan fingerprint density at radius 1 is 1.12 bits per heavy atom. The number of benzene rings is 2. The molecule has 0 spiro atoms. The van der Waals surface area contributed by atoms with E-state index in [4.69, 9.17) is 27.7 Å². The van der Waals surface area contributed by atoms with Crippen molar-refractivity contribution in [2.24, 2.45) is 5.92 Å². The lowest BCUT2D eigenvalue weighted by molar-refractivity contribution is -0.126. The molecule has 1 aliphatic rings. The minimum Gasteiger partial charge on any atom is -0.356 e. The molecule has 3 aromatic rings. The Morgan fingerprint density at radius 2 is 1.88 bits per heavy atom. The van der Waals surface area contributed by atoms with Crippen LogP contribution in [0.4, 0.5) is 0 Å². The van der Waals surface area contributed by atoms with Crippen LogP contribution in [0.2, 0.25) is 10.0 Å². The normalized spacial score (nSPS) is 14.9. The van der Waals surface area contributed by atoms with Gasteiger partial charge in [-0.3, -0.25) is 9.69 Å². The zero-order chi connectivity index (χ0) is 23.8. The van der Waals surface area contributed by atoms with Crippen molar-refractivity contribution < 1.29 is 9.32 Å². The first-order valence-corrected chi connectivity index (χ1v) is 13.4.